The van der Waals surface area contributed by atoms with Gasteiger partial charge in [0.1, 0.15) is 17.7 Å². The Bertz CT molecular complexity index is 1320. The van der Waals surface area contributed by atoms with Crippen LogP contribution in [0.4, 0.5) is 23.4 Å². The van der Waals surface area contributed by atoms with Crippen molar-refractivity contribution in [3.63, 3.8) is 0 Å². The van der Waals surface area contributed by atoms with Crippen molar-refractivity contribution in [1.82, 2.24) is 29.6 Å². The maximum absolute atomic E-state index is 14.5. The molecule has 3 aromatic heterocycles. The number of amides is 1. The topological polar surface area (TPSA) is 133 Å². The van der Waals surface area contributed by atoms with E-state index in [-0.39, 0.29) is 5.82 Å². The summed E-state index contributed by atoms with van der Waals surface area (Å²) in [5.41, 5.74) is -0.855. The van der Waals surface area contributed by atoms with E-state index in [2.05, 4.69) is 25.3 Å². The minimum absolute atomic E-state index is 0.0586. The average Bonchev–Trinajstić information content (AvgIpc) is 3.12. The number of halogens is 4. The zero-order valence-corrected chi connectivity index (χ0v) is 17.8. The molecule has 10 nitrogen and oxygen atoms in total. The van der Waals surface area contributed by atoms with Gasteiger partial charge < -0.3 is 15.6 Å². The van der Waals surface area contributed by atoms with E-state index in [0.29, 0.717) is 16.6 Å². The molecule has 3 aromatic rings. The van der Waals surface area contributed by atoms with Crippen molar-refractivity contribution < 1.29 is 30.8 Å². The molecule has 0 bridgehead atoms. The molecule has 1 amide bonds. The van der Waals surface area contributed by atoms with Gasteiger partial charge in [-0.15, -0.1) is 0 Å². The highest BCUT2D eigenvalue weighted by molar-refractivity contribution is 7.88. The second kappa shape index (κ2) is 7.91. The van der Waals surface area contributed by atoms with Crippen LogP contribution in [0.5, 0.6) is 0 Å². The molecule has 1 saturated heterocycles. The number of nitrogens with zero attached hydrogens (tertiary/aromatic N) is 4. The lowest BCUT2D eigenvalue weighted by Crippen LogP contribution is -2.73. The summed E-state index contributed by atoms with van der Waals surface area (Å²) in [5.74, 6) is -2.52. The fourth-order valence-corrected chi connectivity index (χ4v) is 4.28. The molecule has 176 valence electrons. The quantitative estimate of drug-likeness (QED) is 0.446. The van der Waals surface area contributed by atoms with Crippen molar-refractivity contribution in [3.8, 4) is 11.4 Å². The summed E-state index contributed by atoms with van der Waals surface area (Å²) in [7, 11) is -3.73. The predicted octanol–water partition coefficient (Wildman–Crippen LogP) is 1.26. The van der Waals surface area contributed by atoms with Crippen LogP contribution in [0.1, 0.15) is 0 Å². The van der Waals surface area contributed by atoms with Gasteiger partial charge in [-0.3, -0.25) is 4.79 Å². The summed E-state index contributed by atoms with van der Waals surface area (Å²) < 4.78 is 76.7. The number of fused-ring (bicyclic) bond motifs is 1. The van der Waals surface area contributed by atoms with Gasteiger partial charge in [-0.1, -0.05) is 0 Å². The number of carbonyl (C=O) groups excluding carboxylic acids is 1. The number of anilines is 1. The standard InChI is InChI=1S/C18H17F4N7O3S/c1-33(31,32)29-8-17(9-29,16(30)26-7-18(20,21)22)28-15-12(19)6-25-14(27-15)11-5-24-13-10(11)3-2-4-23-13/h2-6H,7-9H2,1H3,(H,23,24)(H,26,30)(H,25,27,28). The number of nitrogens with one attached hydrogen (secondary N) is 3. The molecule has 33 heavy (non-hydrogen) atoms. The van der Waals surface area contributed by atoms with Crippen molar-refractivity contribution in [2.24, 2.45) is 0 Å². The van der Waals surface area contributed by atoms with E-state index >= 15 is 0 Å². The molecule has 0 aromatic carbocycles. The summed E-state index contributed by atoms with van der Waals surface area (Å²) in [6, 6.07) is 3.41. The first-order chi connectivity index (χ1) is 15.4. The number of H-pyrrole nitrogens is 1. The first kappa shape index (κ1) is 22.8. The third-order valence-corrected chi connectivity index (χ3v) is 6.24. The smallest absolute Gasteiger partial charge is 0.351 e. The SMILES string of the molecule is CS(=O)(=O)N1CC(Nc2nc(-c3c[nH]c4ncccc34)ncc2F)(C(=O)NCC(F)(F)F)C1. The zero-order valence-electron chi connectivity index (χ0n) is 16.9. The van der Waals surface area contributed by atoms with Gasteiger partial charge in [-0.05, 0) is 12.1 Å². The van der Waals surface area contributed by atoms with E-state index in [1.807, 2.05) is 0 Å². The van der Waals surface area contributed by atoms with E-state index in [4.69, 9.17) is 0 Å². The van der Waals surface area contributed by atoms with Crippen LogP contribution in [0.3, 0.4) is 0 Å². The van der Waals surface area contributed by atoms with E-state index in [0.717, 1.165) is 16.8 Å². The molecule has 0 spiro atoms. The average molecular weight is 487 g/mol. The van der Waals surface area contributed by atoms with Crippen LogP contribution < -0.4 is 10.6 Å². The van der Waals surface area contributed by atoms with Crippen molar-refractivity contribution in [2.45, 2.75) is 11.7 Å². The molecule has 1 aliphatic rings. The Morgan fingerprint density at radius 3 is 2.70 bits per heavy atom. The second-order valence-electron chi connectivity index (χ2n) is 7.53. The van der Waals surface area contributed by atoms with Gasteiger partial charge in [0.15, 0.2) is 17.5 Å². The molecule has 3 N–H and O–H groups in total. The van der Waals surface area contributed by atoms with E-state index in [9.17, 15) is 30.8 Å². The summed E-state index contributed by atoms with van der Waals surface area (Å²) in [5, 5.41) is 4.87. The first-order valence-electron chi connectivity index (χ1n) is 9.41. The van der Waals surface area contributed by atoms with Crippen LogP contribution in [0, 0.1) is 5.82 Å². The lowest BCUT2D eigenvalue weighted by molar-refractivity contribution is -0.143. The Morgan fingerprint density at radius 2 is 2.03 bits per heavy atom. The summed E-state index contributed by atoms with van der Waals surface area (Å²) in [6.45, 7) is -2.65. The van der Waals surface area contributed by atoms with E-state index < -0.39 is 58.9 Å². The van der Waals surface area contributed by atoms with Gasteiger partial charge in [-0.25, -0.2) is 27.8 Å². The molecular weight excluding hydrogens is 470 g/mol. The minimum Gasteiger partial charge on any atom is -0.351 e. The van der Waals surface area contributed by atoms with Crippen molar-refractivity contribution >= 4 is 32.8 Å². The number of carbonyl (C=O) groups is 1. The van der Waals surface area contributed by atoms with E-state index in [1.165, 1.54) is 0 Å². The molecule has 0 unspecified atom stereocenters. The Labute approximate surface area is 184 Å². The van der Waals surface area contributed by atoms with Crippen LogP contribution >= 0.6 is 0 Å². The molecule has 4 heterocycles. The van der Waals surface area contributed by atoms with Gasteiger partial charge in [0.25, 0.3) is 0 Å². The van der Waals surface area contributed by atoms with Gasteiger partial charge >= 0.3 is 6.18 Å². The number of rotatable bonds is 6. The first-order valence-corrected chi connectivity index (χ1v) is 11.3. The van der Waals surface area contributed by atoms with E-state index in [1.54, 1.807) is 29.8 Å². The predicted molar refractivity (Wildman–Crippen MR) is 109 cm³/mol. The van der Waals surface area contributed by atoms with Crippen LogP contribution in [0.25, 0.3) is 22.4 Å². The van der Waals surface area contributed by atoms with Crippen LogP contribution in [0.2, 0.25) is 0 Å². The highest BCUT2D eigenvalue weighted by Crippen LogP contribution is 2.31. The van der Waals surface area contributed by atoms with Crippen molar-refractivity contribution in [3.05, 3.63) is 36.5 Å². The Kier molecular flexibility index (Phi) is 5.48. The number of hydrogen-bond donors (Lipinski definition) is 3. The van der Waals surface area contributed by atoms with Crippen LogP contribution in [0.15, 0.2) is 30.7 Å². The normalized spacial score (nSPS) is 16.4. The third kappa shape index (κ3) is 4.59. The fourth-order valence-electron chi connectivity index (χ4n) is 3.37. The lowest BCUT2D eigenvalue weighted by Gasteiger charge is -2.47. The molecule has 0 atom stereocenters. The molecule has 4 rings (SSSR count). The maximum atomic E-state index is 14.5. The van der Waals surface area contributed by atoms with Gasteiger partial charge in [0, 0.05) is 36.4 Å². The summed E-state index contributed by atoms with van der Waals surface area (Å²) in [4.78, 5) is 27.7. The number of hydrogen-bond acceptors (Lipinski definition) is 7. The number of aromatic nitrogens is 4. The van der Waals surface area contributed by atoms with Crippen LogP contribution in [-0.2, 0) is 14.8 Å². The molecule has 0 saturated carbocycles. The monoisotopic (exact) mass is 487 g/mol. The van der Waals surface area contributed by atoms with Crippen LogP contribution in [-0.4, -0.2) is 76.2 Å². The summed E-state index contributed by atoms with van der Waals surface area (Å²) in [6.07, 6.45) is 0.158. The Hall–Kier alpha value is -3.33. The Balaban J connectivity index is 1.66. The Morgan fingerprint density at radius 1 is 1.30 bits per heavy atom. The molecule has 1 fully saturated rings. The van der Waals surface area contributed by atoms with Crippen molar-refractivity contribution in [1.29, 1.82) is 0 Å². The molecule has 15 heteroatoms. The highest BCUT2D eigenvalue weighted by Gasteiger charge is 2.53. The number of pyridine rings is 1. The van der Waals surface area contributed by atoms with Gasteiger partial charge in [0.05, 0.1) is 12.5 Å². The van der Waals surface area contributed by atoms with Gasteiger partial charge in [-0.2, -0.15) is 17.5 Å². The number of sulfonamides is 1. The number of alkyl halides is 3. The maximum Gasteiger partial charge on any atom is 0.405 e. The van der Waals surface area contributed by atoms with Gasteiger partial charge in [0.2, 0.25) is 15.9 Å². The molecule has 1 aliphatic heterocycles. The zero-order chi connectivity index (χ0) is 24.0. The lowest BCUT2D eigenvalue weighted by atomic mass is 9.91. The fraction of sp³-hybridized carbons (Fsp3) is 0.333. The second-order valence-corrected chi connectivity index (χ2v) is 9.51. The molecular formula is C18H17F4N7O3S. The largest absolute Gasteiger partial charge is 0.405 e. The van der Waals surface area contributed by atoms with Crippen molar-refractivity contribution in [2.75, 3.05) is 31.2 Å². The minimum atomic E-state index is -4.69. The summed E-state index contributed by atoms with van der Waals surface area (Å²) >= 11 is 0. The highest BCUT2D eigenvalue weighted by atomic mass is 32.2. The number of aromatic amines is 1. The third-order valence-electron chi connectivity index (χ3n) is 5.04. The molecule has 0 radical (unpaired) electrons. The molecule has 0 aliphatic carbocycles.